The van der Waals surface area contributed by atoms with Gasteiger partial charge in [-0.25, -0.2) is 14.6 Å². The first-order chi connectivity index (χ1) is 10.1. The van der Waals surface area contributed by atoms with Crippen LogP contribution in [0.15, 0.2) is 12.4 Å². The number of imidazole rings is 1. The summed E-state index contributed by atoms with van der Waals surface area (Å²) in [7, 11) is 1.87. The maximum absolute atomic E-state index is 12.0. The lowest BCUT2D eigenvalue weighted by Gasteiger charge is -2.31. The number of hydrogen-bond acceptors (Lipinski definition) is 4. The van der Waals surface area contributed by atoms with Crippen LogP contribution in [0.3, 0.4) is 0 Å². The van der Waals surface area contributed by atoms with Crippen molar-refractivity contribution in [1.82, 2.24) is 19.8 Å². The summed E-state index contributed by atoms with van der Waals surface area (Å²) in [4.78, 5) is 28.3. The van der Waals surface area contributed by atoms with Crippen LogP contribution >= 0.6 is 0 Å². The van der Waals surface area contributed by atoms with Crippen molar-refractivity contribution < 1.29 is 19.4 Å². The summed E-state index contributed by atoms with van der Waals surface area (Å²) in [5, 5.41) is 11.4. The number of urea groups is 1. The Bertz CT molecular complexity index is 494. The minimum absolute atomic E-state index is 0.0836. The molecule has 2 rings (SSSR count). The van der Waals surface area contributed by atoms with Gasteiger partial charge in [0.05, 0.1) is 12.6 Å². The van der Waals surface area contributed by atoms with Crippen molar-refractivity contribution in [3.05, 3.63) is 18.2 Å². The first-order valence-corrected chi connectivity index (χ1v) is 6.88. The highest BCUT2D eigenvalue weighted by molar-refractivity contribution is 5.74. The second kappa shape index (κ2) is 7.07. The molecule has 1 saturated heterocycles. The Kier molecular flexibility index (Phi) is 5.15. The third-order valence-corrected chi connectivity index (χ3v) is 3.49. The number of rotatable bonds is 5. The lowest BCUT2D eigenvalue weighted by atomic mass is 10.1. The highest BCUT2D eigenvalue weighted by Gasteiger charge is 2.23. The molecule has 8 nitrogen and oxygen atoms in total. The fourth-order valence-corrected chi connectivity index (χ4v) is 2.25. The summed E-state index contributed by atoms with van der Waals surface area (Å²) in [5.41, 5.74) is 0. The molecule has 2 N–H and O–H groups in total. The summed E-state index contributed by atoms with van der Waals surface area (Å²) in [5.74, 6) is -0.173. The van der Waals surface area contributed by atoms with E-state index in [2.05, 4.69) is 10.3 Å². The Morgan fingerprint density at radius 1 is 1.48 bits per heavy atom. The van der Waals surface area contributed by atoms with Crippen LogP contribution in [-0.2, 0) is 23.1 Å². The van der Waals surface area contributed by atoms with Gasteiger partial charge >= 0.3 is 12.0 Å². The molecule has 1 aliphatic heterocycles. The number of nitrogens with one attached hydrogen (secondary N) is 1. The van der Waals surface area contributed by atoms with E-state index in [-0.39, 0.29) is 18.7 Å². The SMILES string of the molecule is Cn1ccnc1CNC(=O)N1CCC(OCC(=O)O)CC1. The fourth-order valence-electron chi connectivity index (χ4n) is 2.25. The molecule has 2 heterocycles. The molecule has 0 unspecified atom stereocenters. The molecule has 1 aliphatic rings. The summed E-state index contributed by atoms with van der Waals surface area (Å²) < 4.78 is 7.09. The highest BCUT2D eigenvalue weighted by atomic mass is 16.5. The number of aromatic nitrogens is 2. The standard InChI is InChI=1S/C13H20N4O4/c1-16-7-4-14-11(16)8-15-13(20)17-5-2-10(3-6-17)21-9-12(18)19/h4,7,10H,2-3,5-6,8-9H2,1H3,(H,15,20)(H,18,19). The molecule has 2 amide bonds. The molecule has 0 saturated carbocycles. The molecule has 1 fully saturated rings. The summed E-state index contributed by atoms with van der Waals surface area (Å²) in [6.07, 6.45) is 4.74. The van der Waals surface area contributed by atoms with Gasteiger partial charge in [-0.05, 0) is 12.8 Å². The molecule has 1 aromatic rings. The van der Waals surface area contributed by atoms with Crippen LogP contribution in [0.5, 0.6) is 0 Å². The van der Waals surface area contributed by atoms with E-state index in [0.717, 1.165) is 5.82 Å². The van der Waals surface area contributed by atoms with Crippen molar-refractivity contribution in [3.63, 3.8) is 0 Å². The minimum atomic E-state index is -0.967. The average Bonchev–Trinajstić information content (AvgIpc) is 2.88. The molecule has 8 heteroatoms. The van der Waals surface area contributed by atoms with Crippen LogP contribution in [0.2, 0.25) is 0 Å². The number of ether oxygens (including phenoxy) is 1. The third kappa shape index (κ3) is 4.45. The number of piperidine rings is 1. The van der Waals surface area contributed by atoms with E-state index in [1.807, 2.05) is 17.8 Å². The van der Waals surface area contributed by atoms with Gasteiger partial charge in [-0.2, -0.15) is 0 Å². The van der Waals surface area contributed by atoms with E-state index in [1.54, 1.807) is 11.1 Å². The Morgan fingerprint density at radius 3 is 2.76 bits per heavy atom. The van der Waals surface area contributed by atoms with Crippen LogP contribution in [-0.4, -0.2) is 57.4 Å². The Morgan fingerprint density at radius 2 is 2.19 bits per heavy atom. The molecule has 116 valence electrons. The fraction of sp³-hybridized carbons (Fsp3) is 0.615. The first kappa shape index (κ1) is 15.3. The molecular weight excluding hydrogens is 276 g/mol. The molecule has 21 heavy (non-hydrogen) atoms. The van der Waals surface area contributed by atoms with Gasteiger partial charge in [-0.15, -0.1) is 0 Å². The first-order valence-electron chi connectivity index (χ1n) is 6.88. The van der Waals surface area contributed by atoms with Crippen molar-refractivity contribution in [2.24, 2.45) is 7.05 Å². The number of amides is 2. The van der Waals surface area contributed by atoms with Gasteiger partial charge in [0.1, 0.15) is 12.4 Å². The van der Waals surface area contributed by atoms with Gasteiger partial charge in [0, 0.05) is 32.5 Å². The Hall–Kier alpha value is -2.09. The monoisotopic (exact) mass is 296 g/mol. The van der Waals surface area contributed by atoms with Gasteiger partial charge < -0.3 is 24.6 Å². The maximum atomic E-state index is 12.0. The largest absolute Gasteiger partial charge is 0.480 e. The summed E-state index contributed by atoms with van der Waals surface area (Å²) >= 11 is 0. The molecule has 0 bridgehead atoms. The minimum Gasteiger partial charge on any atom is -0.480 e. The number of aryl methyl sites for hydroxylation is 1. The van der Waals surface area contributed by atoms with Crippen LogP contribution < -0.4 is 5.32 Å². The van der Waals surface area contributed by atoms with Crippen LogP contribution in [0.4, 0.5) is 4.79 Å². The van der Waals surface area contributed by atoms with Crippen LogP contribution in [0.25, 0.3) is 0 Å². The number of aliphatic carboxylic acids is 1. The molecular formula is C13H20N4O4. The molecule has 0 spiro atoms. The number of carboxylic acids is 1. The second-order valence-corrected chi connectivity index (χ2v) is 5.00. The number of nitrogens with zero attached hydrogens (tertiary/aromatic N) is 3. The zero-order valence-electron chi connectivity index (χ0n) is 12.0. The van der Waals surface area contributed by atoms with Crippen molar-refractivity contribution in [2.45, 2.75) is 25.5 Å². The zero-order chi connectivity index (χ0) is 15.2. The highest BCUT2D eigenvalue weighted by Crippen LogP contribution is 2.13. The van der Waals surface area contributed by atoms with Crippen molar-refractivity contribution in [2.75, 3.05) is 19.7 Å². The predicted octanol–water partition coefficient (Wildman–Crippen LogP) is 0.195. The third-order valence-electron chi connectivity index (χ3n) is 3.49. The number of likely N-dealkylation sites (tertiary alicyclic amines) is 1. The molecule has 0 radical (unpaired) electrons. The van der Waals surface area contributed by atoms with Crippen molar-refractivity contribution in [3.8, 4) is 0 Å². The van der Waals surface area contributed by atoms with Crippen LogP contribution in [0.1, 0.15) is 18.7 Å². The van der Waals surface area contributed by atoms with E-state index in [1.165, 1.54) is 0 Å². The average molecular weight is 296 g/mol. The van der Waals surface area contributed by atoms with Gasteiger partial charge in [-0.3, -0.25) is 0 Å². The Labute approximate surface area is 122 Å². The quantitative estimate of drug-likeness (QED) is 0.809. The molecule has 0 atom stereocenters. The number of carbonyl (C=O) groups is 2. The van der Waals surface area contributed by atoms with E-state index < -0.39 is 5.97 Å². The van der Waals surface area contributed by atoms with Gasteiger partial charge in [-0.1, -0.05) is 0 Å². The molecule has 0 aliphatic carbocycles. The van der Waals surface area contributed by atoms with Crippen molar-refractivity contribution in [1.29, 1.82) is 0 Å². The van der Waals surface area contributed by atoms with Gasteiger partial charge in [0.15, 0.2) is 0 Å². The predicted molar refractivity (Wildman–Crippen MR) is 73.6 cm³/mol. The Balaban J connectivity index is 1.70. The maximum Gasteiger partial charge on any atom is 0.329 e. The van der Waals surface area contributed by atoms with E-state index >= 15 is 0 Å². The van der Waals surface area contributed by atoms with Gasteiger partial charge in [0.25, 0.3) is 0 Å². The summed E-state index contributed by atoms with van der Waals surface area (Å²) in [6.45, 7) is 1.24. The number of carboxylic acid groups (broad SMARTS) is 1. The molecule has 0 aromatic carbocycles. The topological polar surface area (TPSA) is 96.7 Å². The normalized spacial score (nSPS) is 16.0. The van der Waals surface area contributed by atoms with Gasteiger partial charge in [0.2, 0.25) is 0 Å². The molecule has 1 aromatic heterocycles. The lowest BCUT2D eigenvalue weighted by molar-refractivity contribution is -0.145. The van der Waals surface area contributed by atoms with Crippen LogP contribution in [0, 0.1) is 0 Å². The van der Waals surface area contributed by atoms with E-state index in [4.69, 9.17) is 9.84 Å². The smallest absolute Gasteiger partial charge is 0.329 e. The van der Waals surface area contributed by atoms with Crippen molar-refractivity contribution >= 4 is 12.0 Å². The second-order valence-electron chi connectivity index (χ2n) is 5.00. The number of hydrogen-bond donors (Lipinski definition) is 2. The lowest BCUT2D eigenvalue weighted by Crippen LogP contribution is -2.46. The number of carbonyl (C=O) groups excluding carboxylic acids is 1. The van der Waals surface area contributed by atoms with E-state index in [0.29, 0.717) is 32.5 Å². The zero-order valence-corrected chi connectivity index (χ0v) is 12.0. The summed E-state index contributed by atoms with van der Waals surface area (Å²) in [6, 6.07) is -0.130. The van der Waals surface area contributed by atoms with E-state index in [9.17, 15) is 9.59 Å².